The van der Waals surface area contributed by atoms with Crippen LogP contribution in [0.15, 0.2) is 57.9 Å². The Kier molecular flexibility index (Phi) is 4.47. The molecule has 0 aliphatic carbocycles. The highest BCUT2D eigenvalue weighted by molar-refractivity contribution is 9.10. The summed E-state index contributed by atoms with van der Waals surface area (Å²) in [6.07, 6.45) is -4.47. The molecular weight excluding hydrogens is 401 g/mol. The number of benzene rings is 2. The molecule has 0 unspecified atom stereocenters. The summed E-state index contributed by atoms with van der Waals surface area (Å²) in [7, 11) is 0. The first kappa shape index (κ1) is 17.3. The number of carbonyl (C=O) groups excluding carboxylic acids is 1. The zero-order valence-corrected chi connectivity index (χ0v) is 14.1. The Morgan fingerprint density at radius 2 is 1.64 bits per heavy atom. The lowest BCUT2D eigenvalue weighted by atomic mass is 10.1. The molecule has 3 rings (SSSR count). The molecule has 0 spiro atoms. The Bertz CT molecular complexity index is 1010. The van der Waals surface area contributed by atoms with E-state index in [9.17, 15) is 22.8 Å². The van der Waals surface area contributed by atoms with Gasteiger partial charge >= 0.3 is 6.18 Å². The second-order valence-corrected chi connectivity index (χ2v) is 6.05. The number of hydrogen-bond acceptors (Lipinski definition) is 3. The Morgan fingerprint density at radius 3 is 2.24 bits per heavy atom. The Morgan fingerprint density at radius 1 is 1.04 bits per heavy atom. The van der Waals surface area contributed by atoms with Crippen LogP contribution in [0.2, 0.25) is 0 Å². The molecule has 1 aromatic heterocycles. The number of fused-ring (bicyclic) bond motifs is 1. The summed E-state index contributed by atoms with van der Waals surface area (Å²) >= 11 is 3.25. The molecule has 0 aliphatic rings. The van der Waals surface area contributed by atoms with Crippen LogP contribution in [0.3, 0.4) is 0 Å². The molecule has 0 bridgehead atoms. The number of aromatic nitrogens is 2. The van der Waals surface area contributed by atoms with Crippen LogP contribution in [0.25, 0.3) is 10.8 Å². The fourth-order valence-corrected chi connectivity index (χ4v) is 2.91. The second kappa shape index (κ2) is 6.44. The summed E-state index contributed by atoms with van der Waals surface area (Å²) in [5.41, 5.74) is -1.21. The van der Waals surface area contributed by atoms with Crippen LogP contribution < -0.4 is 5.56 Å². The molecule has 0 fully saturated rings. The first-order chi connectivity index (χ1) is 11.8. The maximum Gasteiger partial charge on any atom is 0.416 e. The number of ketones is 1. The van der Waals surface area contributed by atoms with Crippen molar-refractivity contribution in [2.45, 2.75) is 12.7 Å². The lowest BCUT2D eigenvalue weighted by Crippen LogP contribution is -2.27. The Balaban J connectivity index is 1.92. The third-order valence-corrected chi connectivity index (χ3v) is 4.24. The molecule has 0 saturated carbocycles. The number of alkyl halides is 3. The van der Waals surface area contributed by atoms with E-state index in [1.807, 2.05) is 0 Å². The van der Waals surface area contributed by atoms with Crippen molar-refractivity contribution in [1.29, 1.82) is 0 Å². The number of hydrogen-bond donors (Lipinski definition) is 0. The molecule has 25 heavy (non-hydrogen) atoms. The van der Waals surface area contributed by atoms with E-state index in [2.05, 4.69) is 21.0 Å². The van der Waals surface area contributed by atoms with Gasteiger partial charge in [0.1, 0.15) is 11.1 Å². The molecular formula is C17H10BrF3N2O2. The third kappa shape index (κ3) is 3.48. The van der Waals surface area contributed by atoms with Gasteiger partial charge in [0.15, 0.2) is 5.78 Å². The molecule has 0 N–H and O–H groups in total. The van der Waals surface area contributed by atoms with Crippen molar-refractivity contribution in [2.75, 3.05) is 0 Å². The first-order valence-corrected chi connectivity index (χ1v) is 7.92. The minimum atomic E-state index is -4.47. The van der Waals surface area contributed by atoms with Crippen LogP contribution in [0.5, 0.6) is 0 Å². The zero-order chi connectivity index (χ0) is 18.2. The van der Waals surface area contributed by atoms with Crippen LogP contribution >= 0.6 is 15.9 Å². The summed E-state index contributed by atoms with van der Waals surface area (Å²) in [6.45, 7) is -0.367. The van der Waals surface area contributed by atoms with Crippen molar-refractivity contribution in [3.8, 4) is 0 Å². The zero-order valence-electron chi connectivity index (χ0n) is 12.5. The predicted octanol–water partition coefficient (Wildman–Crippen LogP) is 4.06. The summed E-state index contributed by atoms with van der Waals surface area (Å²) in [6, 6.07) is 10.6. The number of Topliss-reactive ketones (excluding diaryl/α,β-unsaturated/α-hetero) is 1. The molecule has 0 atom stereocenters. The predicted molar refractivity (Wildman–Crippen MR) is 89.5 cm³/mol. The summed E-state index contributed by atoms with van der Waals surface area (Å²) < 4.78 is 39.1. The van der Waals surface area contributed by atoms with Gasteiger partial charge < -0.3 is 0 Å². The topological polar surface area (TPSA) is 52.0 Å². The maximum atomic E-state index is 12.6. The minimum absolute atomic E-state index is 0.0750. The number of halogens is 4. The van der Waals surface area contributed by atoms with Gasteiger partial charge in [0.2, 0.25) is 0 Å². The molecule has 0 saturated heterocycles. The van der Waals surface area contributed by atoms with Gasteiger partial charge in [0.25, 0.3) is 5.56 Å². The minimum Gasteiger partial charge on any atom is -0.292 e. The van der Waals surface area contributed by atoms with Gasteiger partial charge in [-0.25, -0.2) is 4.68 Å². The smallest absolute Gasteiger partial charge is 0.292 e. The number of nitrogens with zero attached hydrogens (tertiary/aromatic N) is 2. The first-order valence-electron chi connectivity index (χ1n) is 7.13. The quantitative estimate of drug-likeness (QED) is 0.611. The summed E-state index contributed by atoms with van der Waals surface area (Å²) in [5.74, 6) is -0.509. The fourth-order valence-electron chi connectivity index (χ4n) is 2.37. The fraction of sp³-hybridized carbons (Fsp3) is 0.118. The van der Waals surface area contributed by atoms with Crippen LogP contribution in [0.1, 0.15) is 15.9 Å². The molecule has 0 radical (unpaired) electrons. The Hall–Kier alpha value is -2.48. The number of rotatable bonds is 3. The standard InChI is InChI=1S/C17H10BrF3N2O2/c18-15-12-3-1-2-4-13(12)16(25)23(22-15)9-14(24)10-5-7-11(8-6-10)17(19,20)21/h1-8H,9H2. The summed E-state index contributed by atoms with van der Waals surface area (Å²) in [4.78, 5) is 24.7. The monoisotopic (exact) mass is 410 g/mol. The van der Waals surface area contributed by atoms with Crippen LogP contribution in [0, 0.1) is 0 Å². The second-order valence-electron chi connectivity index (χ2n) is 5.30. The van der Waals surface area contributed by atoms with Crippen LogP contribution in [-0.2, 0) is 12.7 Å². The van der Waals surface area contributed by atoms with Crippen molar-refractivity contribution in [3.63, 3.8) is 0 Å². The average Bonchev–Trinajstić information content (AvgIpc) is 2.59. The van der Waals surface area contributed by atoms with Crippen LogP contribution in [0.4, 0.5) is 13.2 Å². The van der Waals surface area contributed by atoms with E-state index >= 15 is 0 Å². The SMILES string of the molecule is O=C(Cn1nc(Br)c2ccccc2c1=O)c1ccc(C(F)(F)F)cc1. The van der Waals surface area contributed by atoms with E-state index in [0.29, 0.717) is 15.4 Å². The maximum absolute atomic E-state index is 12.6. The third-order valence-electron chi connectivity index (χ3n) is 3.65. The van der Waals surface area contributed by atoms with Gasteiger partial charge in [0.05, 0.1) is 10.9 Å². The highest BCUT2D eigenvalue weighted by atomic mass is 79.9. The van der Waals surface area contributed by atoms with E-state index in [1.54, 1.807) is 24.3 Å². The van der Waals surface area contributed by atoms with E-state index in [-0.39, 0.29) is 12.1 Å². The van der Waals surface area contributed by atoms with Crippen molar-refractivity contribution in [1.82, 2.24) is 9.78 Å². The largest absolute Gasteiger partial charge is 0.416 e. The molecule has 4 nitrogen and oxygen atoms in total. The van der Waals surface area contributed by atoms with Gasteiger partial charge in [-0.05, 0) is 34.1 Å². The molecule has 0 amide bonds. The van der Waals surface area contributed by atoms with Crippen molar-refractivity contribution in [2.24, 2.45) is 0 Å². The average molecular weight is 411 g/mol. The van der Waals surface area contributed by atoms with Gasteiger partial charge in [-0.3, -0.25) is 9.59 Å². The summed E-state index contributed by atoms with van der Waals surface area (Å²) in [5, 5.41) is 5.05. The van der Waals surface area contributed by atoms with Crippen LogP contribution in [-0.4, -0.2) is 15.6 Å². The van der Waals surface area contributed by atoms with Crippen molar-refractivity contribution >= 4 is 32.5 Å². The Labute approximate surface area is 148 Å². The highest BCUT2D eigenvalue weighted by Gasteiger charge is 2.30. The molecule has 2 aromatic carbocycles. The highest BCUT2D eigenvalue weighted by Crippen LogP contribution is 2.29. The van der Waals surface area contributed by atoms with E-state index in [4.69, 9.17) is 0 Å². The molecule has 128 valence electrons. The van der Waals surface area contributed by atoms with Gasteiger partial charge in [-0.2, -0.15) is 18.3 Å². The van der Waals surface area contributed by atoms with Gasteiger partial charge in [-0.15, -0.1) is 0 Å². The molecule has 8 heteroatoms. The van der Waals surface area contributed by atoms with Crippen molar-refractivity contribution < 1.29 is 18.0 Å². The lowest BCUT2D eigenvalue weighted by molar-refractivity contribution is -0.137. The molecule has 3 aromatic rings. The molecule has 1 heterocycles. The van der Waals surface area contributed by atoms with Gasteiger partial charge in [0, 0.05) is 10.9 Å². The number of carbonyl (C=O) groups is 1. The lowest BCUT2D eigenvalue weighted by Gasteiger charge is -2.09. The van der Waals surface area contributed by atoms with E-state index in [1.165, 1.54) is 0 Å². The van der Waals surface area contributed by atoms with E-state index < -0.39 is 23.1 Å². The van der Waals surface area contributed by atoms with Gasteiger partial charge in [-0.1, -0.05) is 30.3 Å². The normalized spacial score (nSPS) is 11.7. The molecule has 0 aliphatic heterocycles. The van der Waals surface area contributed by atoms with E-state index in [0.717, 1.165) is 28.9 Å². The van der Waals surface area contributed by atoms with Crippen molar-refractivity contribution in [3.05, 3.63) is 74.6 Å².